The Morgan fingerprint density at radius 3 is 2.94 bits per heavy atom. The third kappa shape index (κ3) is 2.81. The second-order valence-electron chi connectivity index (χ2n) is 3.93. The average Bonchev–Trinajstić information content (AvgIpc) is 2.84. The predicted molar refractivity (Wildman–Crippen MR) is 75.2 cm³/mol. The maximum Gasteiger partial charge on any atom is 0.254 e. The van der Waals surface area contributed by atoms with Crippen LogP contribution in [-0.4, -0.2) is 33.2 Å². The smallest absolute Gasteiger partial charge is 0.254 e. The van der Waals surface area contributed by atoms with Crippen molar-refractivity contribution >= 4 is 28.5 Å². The van der Waals surface area contributed by atoms with Crippen LogP contribution in [0.15, 0.2) is 30.6 Å². The van der Waals surface area contributed by atoms with Crippen molar-refractivity contribution in [1.29, 1.82) is 0 Å². The van der Waals surface area contributed by atoms with Crippen LogP contribution < -0.4 is 0 Å². The molecule has 0 atom stereocenters. The van der Waals surface area contributed by atoms with Gasteiger partial charge < -0.3 is 10.0 Å². The summed E-state index contributed by atoms with van der Waals surface area (Å²) in [6.45, 7) is 0.474. The molecule has 0 unspecified atom stereocenters. The summed E-state index contributed by atoms with van der Waals surface area (Å²) in [4.78, 5) is 13.7. The van der Waals surface area contributed by atoms with E-state index in [4.69, 9.17) is 0 Å². The Balaban J connectivity index is 2.12. The lowest BCUT2D eigenvalue weighted by atomic mass is 10.2. The first-order valence-electron chi connectivity index (χ1n) is 5.29. The van der Waals surface area contributed by atoms with Gasteiger partial charge in [-0.05, 0) is 40.8 Å². The molecule has 0 saturated carbocycles. The van der Waals surface area contributed by atoms with Gasteiger partial charge in [0.1, 0.15) is 5.75 Å². The van der Waals surface area contributed by atoms with Gasteiger partial charge in [-0.15, -0.1) is 0 Å². The van der Waals surface area contributed by atoms with E-state index < -0.39 is 0 Å². The van der Waals surface area contributed by atoms with Crippen molar-refractivity contribution in [3.05, 3.63) is 45.3 Å². The second-order valence-corrected chi connectivity index (χ2v) is 5.10. The highest BCUT2D eigenvalue weighted by molar-refractivity contribution is 14.1. The summed E-state index contributed by atoms with van der Waals surface area (Å²) >= 11 is 2.01. The minimum absolute atomic E-state index is 0.123. The molecule has 2 N–H and O–H groups in total. The van der Waals surface area contributed by atoms with E-state index in [2.05, 4.69) is 10.2 Å². The lowest BCUT2D eigenvalue weighted by Gasteiger charge is -2.16. The van der Waals surface area contributed by atoms with Gasteiger partial charge in [0.05, 0.1) is 9.77 Å². The molecule has 0 fully saturated rings. The molecule has 0 aliphatic heterocycles. The van der Waals surface area contributed by atoms with Crippen molar-refractivity contribution in [3.63, 3.8) is 0 Å². The number of nitrogens with zero attached hydrogens (tertiary/aromatic N) is 2. The molecule has 0 bridgehead atoms. The number of phenolic OH excluding ortho intramolecular Hbond substituents is 1. The fourth-order valence-corrected chi connectivity index (χ4v) is 1.91. The number of benzene rings is 1. The number of halogens is 1. The van der Waals surface area contributed by atoms with Crippen LogP contribution in [0.5, 0.6) is 5.75 Å². The topological polar surface area (TPSA) is 69.2 Å². The third-order valence-corrected chi connectivity index (χ3v) is 3.43. The Hall–Kier alpha value is -1.57. The van der Waals surface area contributed by atoms with E-state index in [9.17, 15) is 9.90 Å². The highest BCUT2D eigenvalue weighted by Crippen LogP contribution is 2.21. The molecule has 0 radical (unpaired) electrons. The molecule has 18 heavy (non-hydrogen) atoms. The zero-order valence-electron chi connectivity index (χ0n) is 9.72. The molecule has 0 saturated heterocycles. The maximum atomic E-state index is 12.1. The van der Waals surface area contributed by atoms with Crippen LogP contribution in [0.25, 0.3) is 0 Å². The molecule has 5 nitrogen and oxygen atoms in total. The highest BCUT2D eigenvalue weighted by atomic mass is 127. The van der Waals surface area contributed by atoms with Gasteiger partial charge in [-0.1, -0.05) is 0 Å². The summed E-state index contributed by atoms with van der Waals surface area (Å²) in [5.74, 6) is -0.0129. The summed E-state index contributed by atoms with van der Waals surface area (Å²) in [5, 5.41) is 16.1. The van der Waals surface area contributed by atoms with Crippen molar-refractivity contribution in [1.82, 2.24) is 15.1 Å². The van der Waals surface area contributed by atoms with Crippen LogP contribution in [0.2, 0.25) is 0 Å². The van der Waals surface area contributed by atoms with E-state index >= 15 is 0 Å². The van der Waals surface area contributed by atoms with Gasteiger partial charge in [0.15, 0.2) is 0 Å². The first-order valence-corrected chi connectivity index (χ1v) is 6.37. The summed E-state index contributed by atoms with van der Waals surface area (Å²) in [5.41, 5.74) is 1.40. The number of aromatic nitrogens is 2. The minimum atomic E-state index is -0.136. The van der Waals surface area contributed by atoms with Gasteiger partial charge >= 0.3 is 0 Å². The Labute approximate surface area is 118 Å². The molecule has 1 aromatic carbocycles. The standard InChI is InChI=1S/C12H12IN3O2/c1-16(7-8-5-14-15-6-8)12(18)9-2-3-10(13)11(17)4-9/h2-6,17H,7H2,1H3,(H,14,15). The minimum Gasteiger partial charge on any atom is -0.507 e. The number of nitrogens with one attached hydrogen (secondary N) is 1. The fourth-order valence-electron chi connectivity index (χ4n) is 1.58. The maximum absolute atomic E-state index is 12.1. The van der Waals surface area contributed by atoms with Crippen molar-refractivity contribution in [3.8, 4) is 5.75 Å². The molecule has 1 heterocycles. The Bertz CT molecular complexity index is 554. The highest BCUT2D eigenvalue weighted by Gasteiger charge is 2.13. The molecule has 2 rings (SSSR count). The van der Waals surface area contributed by atoms with Gasteiger partial charge in [0, 0.05) is 30.9 Å². The zero-order valence-corrected chi connectivity index (χ0v) is 11.9. The molecule has 6 heteroatoms. The zero-order chi connectivity index (χ0) is 13.1. The molecule has 1 amide bonds. The lowest BCUT2D eigenvalue weighted by Crippen LogP contribution is -2.25. The summed E-state index contributed by atoms with van der Waals surface area (Å²) < 4.78 is 0.724. The van der Waals surface area contributed by atoms with Crippen molar-refractivity contribution in [2.75, 3.05) is 7.05 Å². The second kappa shape index (κ2) is 5.38. The lowest BCUT2D eigenvalue weighted by molar-refractivity contribution is 0.0784. The first kappa shape index (κ1) is 12.9. The van der Waals surface area contributed by atoms with Crippen LogP contribution in [0.1, 0.15) is 15.9 Å². The van der Waals surface area contributed by atoms with Gasteiger partial charge in [-0.2, -0.15) is 5.10 Å². The molecule has 0 spiro atoms. The first-order chi connectivity index (χ1) is 8.58. The van der Waals surface area contributed by atoms with Crippen LogP contribution in [0.3, 0.4) is 0 Å². The van der Waals surface area contributed by atoms with E-state index in [0.29, 0.717) is 12.1 Å². The Morgan fingerprint density at radius 1 is 1.56 bits per heavy atom. The number of amides is 1. The quantitative estimate of drug-likeness (QED) is 0.826. The monoisotopic (exact) mass is 357 g/mol. The predicted octanol–water partition coefficient (Wildman–Crippen LogP) is 1.99. The Kier molecular flexibility index (Phi) is 3.85. The van der Waals surface area contributed by atoms with Crippen LogP contribution in [-0.2, 0) is 6.54 Å². The molecule has 94 valence electrons. The van der Waals surface area contributed by atoms with Crippen molar-refractivity contribution in [2.24, 2.45) is 0 Å². The summed E-state index contributed by atoms with van der Waals surface area (Å²) in [7, 11) is 1.71. The number of phenols is 1. The number of aromatic hydroxyl groups is 1. The van der Waals surface area contributed by atoms with E-state index in [1.165, 1.54) is 6.07 Å². The molecule has 0 aliphatic rings. The van der Waals surface area contributed by atoms with Crippen molar-refractivity contribution in [2.45, 2.75) is 6.54 Å². The number of rotatable bonds is 3. The van der Waals surface area contributed by atoms with Crippen LogP contribution in [0, 0.1) is 3.57 Å². The SMILES string of the molecule is CN(Cc1cn[nH]c1)C(=O)c1ccc(I)c(O)c1. The molecule has 2 aromatic rings. The summed E-state index contributed by atoms with van der Waals surface area (Å²) in [6, 6.07) is 4.90. The molecule has 0 aliphatic carbocycles. The van der Waals surface area contributed by atoms with Gasteiger partial charge in [0.25, 0.3) is 5.91 Å². The van der Waals surface area contributed by atoms with E-state index in [1.807, 2.05) is 22.6 Å². The van der Waals surface area contributed by atoms with Crippen LogP contribution in [0.4, 0.5) is 0 Å². The number of hydrogen-bond donors (Lipinski definition) is 2. The number of aromatic amines is 1. The number of carbonyl (C=O) groups excluding carboxylic acids is 1. The van der Waals surface area contributed by atoms with E-state index in [1.54, 1.807) is 36.5 Å². The van der Waals surface area contributed by atoms with Gasteiger partial charge in [0.2, 0.25) is 0 Å². The fraction of sp³-hybridized carbons (Fsp3) is 0.167. The number of hydrogen-bond acceptors (Lipinski definition) is 3. The van der Waals surface area contributed by atoms with Crippen LogP contribution >= 0.6 is 22.6 Å². The largest absolute Gasteiger partial charge is 0.507 e. The molecular weight excluding hydrogens is 345 g/mol. The van der Waals surface area contributed by atoms with Gasteiger partial charge in [-0.25, -0.2) is 0 Å². The average molecular weight is 357 g/mol. The normalized spacial score (nSPS) is 10.3. The molecule has 1 aromatic heterocycles. The van der Waals surface area contributed by atoms with Gasteiger partial charge in [-0.3, -0.25) is 9.89 Å². The Morgan fingerprint density at radius 2 is 2.33 bits per heavy atom. The van der Waals surface area contributed by atoms with Crippen molar-refractivity contribution < 1.29 is 9.90 Å². The third-order valence-electron chi connectivity index (χ3n) is 2.51. The number of carbonyl (C=O) groups is 1. The van der Waals surface area contributed by atoms with E-state index in [-0.39, 0.29) is 11.7 Å². The van der Waals surface area contributed by atoms with E-state index in [0.717, 1.165) is 9.13 Å². The number of H-pyrrole nitrogens is 1. The summed E-state index contributed by atoms with van der Waals surface area (Å²) in [6.07, 6.45) is 3.42. The molecular formula is C12H12IN3O2.